The second kappa shape index (κ2) is 6.53. The number of benzene rings is 1. The summed E-state index contributed by atoms with van der Waals surface area (Å²) in [4.78, 5) is 5.34. The monoisotopic (exact) mass is 257 g/mol. The molecule has 0 amide bonds. The summed E-state index contributed by atoms with van der Waals surface area (Å²) in [7, 11) is 0. The Kier molecular flexibility index (Phi) is 4.52. The normalized spacial score (nSPS) is 23.6. The minimum atomic E-state index is 0.891. The van der Waals surface area contributed by atoms with Gasteiger partial charge in [-0.2, -0.15) is 0 Å². The van der Waals surface area contributed by atoms with Gasteiger partial charge in [0.2, 0.25) is 0 Å². The van der Waals surface area contributed by atoms with E-state index < -0.39 is 0 Å². The predicted octanol–water partition coefficient (Wildman–Crippen LogP) is 2.94. The number of hydrogen-bond acceptors (Lipinski definition) is 2. The number of hydrogen-bond donors (Lipinski definition) is 0. The van der Waals surface area contributed by atoms with Crippen LogP contribution < -0.4 is 0 Å². The van der Waals surface area contributed by atoms with Gasteiger partial charge in [0.25, 0.3) is 0 Å². The molecule has 0 bridgehead atoms. The minimum Gasteiger partial charge on any atom is -0.298 e. The van der Waals surface area contributed by atoms with Crippen LogP contribution in [0.2, 0.25) is 0 Å². The topological polar surface area (TPSA) is 6.48 Å². The third-order valence-corrected chi connectivity index (χ3v) is 4.69. The Morgan fingerprint density at radius 1 is 0.947 bits per heavy atom. The largest absolute Gasteiger partial charge is 0.298 e. The van der Waals surface area contributed by atoms with E-state index in [4.69, 9.17) is 0 Å². The fraction of sp³-hybridized carbons (Fsp3) is 0.647. The molecule has 1 aromatic rings. The van der Waals surface area contributed by atoms with E-state index in [1.54, 1.807) is 0 Å². The van der Waals surface area contributed by atoms with E-state index in [0.717, 1.165) is 12.6 Å². The highest BCUT2D eigenvalue weighted by Gasteiger charge is 2.24. The van der Waals surface area contributed by atoms with E-state index in [2.05, 4.69) is 28.0 Å². The highest BCUT2D eigenvalue weighted by atomic mass is 15.3. The fourth-order valence-corrected chi connectivity index (χ4v) is 3.52. The molecule has 0 aromatic heterocycles. The van der Waals surface area contributed by atoms with E-state index in [-0.39, 0.29) is 0 Å². The van der Waals surface area contributed by atoms with Crippen LogP contribution in [-0.4, -0.2) is 42.0 Å². The van der Waals surface area contributed by atoms with Gasteiger partial charge >= 0.3 is 0 Å². The zero-order valence-corrected chi connectivity index (χ0v) is 11.9. The fourth-order valence-electron chi connectivity index (χ4n) is 3.52. The maximum absolute atomic E-state index is 3.09. The summed E-state index contributed by atoms with van der Waals surface area (Å²) in [6.07, 6.45) is 7.24. The molecule has 0 atom stereocenters. The maximum atomic E-state index is 3.09. The van der Waals surface area contributed by atoms with Crippen LogP contribution in [0.3, 0.4) is 0 Å². The second-order valence-corrected chi connectivity index (χ2v) is 6.01. The first-order valence-electron chi connectivity index (χ1n) is 7.83. The standard InChI is InChI=1S/C17H25N2/c1-3-7-16(8-4-1)15-18-11-13-19(14-12-18)17-9-5-2-6-10-17/h3-4,7-8,17H,2,5-6,9-15H2. The molecule has 2 heteroatoms. The Hall–Kier alpha value is -0.860. The summed E-state index contributed by atoms with van der Waals surface area (Å²) >= 11 is 0. The third kappa shape index (κ3) is 3.58. The summed E-state index contributed by atoms with van der Waals surface area (Å²) in [6.45, 7) is 6.10. The molecule has 1 aromatic carbocycles. The molecule has 19 heavy (non-hydrogen) atoms. The van der Waals surface area contributed by atoms with Crippen molar-refractivity contribution in [3.8, 4) is 0 Å². The summed E-state index contributed by atoms with van der Waals surface area (Å²) in [6, 6.07) is 12.4. The summed E-state index contributed by atoms with van der Waals surface area (Å²) in [5.74, 6) is 0. The van der Waals surface area contributed by atoms with Gasteiger partial charge in [-0.1, -0.05) is 43.5 Å². The van der Waals surface area contributed by atoms with Crippen LogP contribution in [0.15, 0.2) is 24.3 Å². The molecule has 1 aliphatic heterocycles. The number of nitrogens with zero attached hydrogens (tertiary/aromatic N) is 2. The minimum absolute atomic E-state index is 0.891. The maximum Gasteiger partial charge on any atom is 0.0234 e. The molecular weight excluding hydrogens is 232 g/mol. The highest BCUT2D eigenvalue weighted by molar-refractivity contribution is 5.13. The quantitative estimate of drug-likeness (QED) is 0.821. The SMILES string of the molecule is [c]1ccc(CN2CCN(C3CCCCC3)CC2)cc1. The lowest BCUT2D eigenvalue weighted by Crippen LogP contribution is -2.50. The van der Waals surface area contributed by atoms with Crippen LogP contribution in [0.25, 0.3) is 0 Å². The van der Waals surface area contributed by atoms with Gasteiger partial charge in [-0.15, -0.1) is 0 Å². The highest BCUT2D eigenvalue weighted by Crippen LogP contribution is 2.23. The zero-order chi connectivity index (χ0) is 12.9. The van der Waals surface area contributed by atoms with Crippen LogP contribution in [0, 0.1) is 6.07 Å². The number of rotatable bonds is 3. The molecule has 1 heterocycles. The van der Waals surface area contributed by atoms with Gasteiger partial charge in [0, 0.05) is 38.8 Å². The van der Waals surface area contributed by atoms with Gasteiger partial charge in [-0.25, -0.2) is 0 Å². The molecule has 103 valence electrons. The summed E-state index contributed by atoms with van der Waals surface area (Å²) < 4.78 is 0. The molecule has 0 N–H and O–H groups in total. The van der Waals surface area contributed by atoms with Crippen molar-refractivity contribution in [2.24, 2.45) is 0 Å². The first kappa shape index (κ1) is 13.1. The smallest absolute Gasteiger partial charge is 0.0234 e. The molecule has 1 aliphatic carbocycles. The van der Waals surface area contributed by atoms with Crippen LogP contribution in [0.5, 0.6) is 0 Å². The average Bonchev–Trinajstić information content (AvgIpc) is 2.50. The molecule has 2 fully saturated rings. The van der Waals surface area contributed by atoms with Gasteiger partial charge in [0.15, 0.2) is 0 Å². The van der Waals surface area contributed by atoms with Crippen LogP contribution >= 0.6 is 0 Å². The molecule has 0 spiro atoms. The van der Waals surface area contributed by atoms with Crippen molar-refractivity contribution >= 4 is 0 Å². The second-order valence-electron chi connectivity index (χ2n) is 6.01. The molecule has 1 saturated carbocycles. The molecule has 0 unspecified atom stereocenters. The molecule has 1 radical (unpaired) electrons. The van der Waals surface area contributed by atoms with Crippen molar-refractivity contribution < 1.29 is 0 Å². The Bertz CT molecular complexity index is 362. The lowest BCUT2D eigenvalue weighted by Gasteiger charge is -2.40. The van der Waals surface area contributed by atoms with Gasteiger partial charge < -0.3 is 0 Å². The summed E-state index contributed by atoms with van der Waals surface area (Å²) in [5, 5.41) is 0. The molecule has 2 aliphatic rings. The van der Waals surface area contributed by atoms with E-state index in [1.165, 1.54) is 63.8 Å². The van der Waals surface area contributed by atoms with Crippen molar-refractivity contribution in [1.29, 1.82) is 0 Å². The first-order valence-corrected chi connectivity index (χ1v) is 7.83. The van der Waals surface area contributed by atoms with Crippen molar-refractivity contribution in [1.82, 2.24) is 9.80 Å². The van der Waals surface area contributed by atoms with Crippen LogP contribution in [0.4, 0.5) is 0 Å². The zero-order valence-electron chi connectivity index (χ0n) is 11.9. The summed E-state index contributed by atoms with van der Waals surface area (Å²) in [5.41, 5.74) is 1.42. The lowest BCUT2D eigenvalue weighted by atomic mass is 9.94. The molecule has 2 nitrogen and oxygen atoms in total. The van der Waals surface area contributed by atoms with E-state index in [0.29, 0.717) is 0 Å². The van der Waals surface area contributed by atoms with Crippen molar-refractivity contribution in [3.05, 3.63) is 35.9 Å². The Morgan fingerprint density at radius 2 is 1.63 bits per heavy atom. The van der Waals surface area contributed by atoms with E-state index in [1.807, 2.05) is 12.1 Å². The van der Waals surface area contributed by atoms with Crippen molar-refractivity contribution in [3.63, 3.8) is 0 Å². The van der Waals surface area contributed by atoms with Crippen molar-refractivity contribution in [2.75, 3.05) is 26.2 Å². The van der Waals surface area contributed by atoms with Gasteiger partial charge in [0.05, 0.1) is 0 Å². The van der Waals surface area contributed by atoms with Crippen molar-refractivity contribution in [2.45, 2.75) is 44.7 Å². The van der Waals surface area contributed by atoms with Gasteiger partial charge in [0.1, 0.15) is 0 Å². The first-order chi connectivity index (χ1) is 9.42. The van der Waals surface area contributed by atoms with Gasteiger partial charge in [-0.3, -0.25) is 9.80 Å². The molecular formula is C17H25N2. The third-order valence-electron chi connectivity index (χ3n) is 4.69. The Balaban J connectivity index is 1.46. The Labute approximate surface area is 117 Å². The van der Waals surface area contributed by atoms with E-state index in [9.17, 15) is 0 Å². The Morgan fingerprint density at radius 3 is 2.32 bits per heavy atom. The van der Waals surface area contributed by atoms with Crippen LogP contribution in [0.1, 0.15) is 37.7 Å². The predicted molar refractivity (Wildman–Crippen MR) is 79.0 cm³/mol. The number of piperazine rings is 1. The molecule has 3 rings (SSSR count). The van der Waals surface area contributed by atoms with Gasteiger partial charge in [-0.05, 0) is 24.5 Å². The van der Waals surface area contributed by atoms with Crippen LogP contribution in [-0.2, 0) is 6.54 Å². The molecule has 1 saturated heterocycles. The lowest BCUT2D eigenvalue weighted by molar-refractivity contribution is 0.0755. The average molecular weight is 257 g/mol. The van der Waals surface area contributed by atoms with E-state index >= 15 is 0 Å².